The van der Waals surface area contributed by atoms with E-state index in [1.807, 2.05) is 50.4 Å². The van der Waals surface area contributed by atoms with Crippen LogP contribution < -0.4 is 0 Å². The van der Waals surface area contributed by atoms with Crippen LogP contribution >= 0.6 is 0 Å². The van der Waals surface area contributed by atoms with E-state index in [4.69, 9.17) is 0 Å². The fourth-order valence-corrected chi connectivity index (χ4v) is 5.84. The van der Waals surface area contributed by atoms with Crippen molar-refractivity contribution in [1.82, 2.24) is 24.7 Å². The highest BCUT2D eigenvalue weighted by Crippen LogP contribution is 2.40. The van der Waals surface area contributed by atoms with Gasteiger partial charge >= 0.3 is 6.18 Å². The number of rotatable bonds is 6. The van der Waals surface area contributed by atoms with Crippen molar-refractivity contribution in [3.8, 4) is 0 Å². The van der Waals surface area contributed by atoms with E-state index in [0.29, 0.717) is 36.6 Å². The van der Waals surface area contributed by atoms with Gasteiger partial charge in [-0.1, -0.05) is 30.3 Å². The van der Waals surface area contributed by atoms with Crippen LogP contribution in [0.4, 0.5) is 13.2 Å². The predicted octanol–water partition coefficient (Wildman–Crippen LogP) is 3.49. The molecule has 1 aromatic carbocycles. The first-order valence-electron chi connectivity index (χ1n) is 12.5. The topological polar surface area (TPSA) is 69.6 Å². The molecule has 1 atom stereocenters. The molecule has 0 spiro atoms. The Morgan fingerprint density at radius 3 is 2.35 bits per heavy atom. The Hall–Kier alpha value is -3.27. The number of carbonyl (C=O) groups excluding carboxylic acids is 2. The fourth-order valence-electron chi connectivity index (χ4n) is 5.84. The molecule has 3 aliphatic rings. The normalized spacial score (nSPS) is 21.0. The number of carbonyl (C=O) groups is 2. The molecule has 1 aromatic heterocycles. The summed E-state index contributed by atoms with van der Waals surface area (Å²) in [5.41, 5.74) is 3.81. The molecule has 4 heterocycles. The summed E-state index contributed by atoms with van der Waals surface area (Å²) in [6.07, 6.45) is -1.75. The van der Waals surface area contributed by atoms with Crippen molar-refractivity contribution in [1.29, 1.82) is 0 Å². The molecule has 10 heteroatoms. The van der Waals surface area contributed by atoms with Gasteiger partial charge in [0.05, 0.1) is 17.0 Å². The Balaban J connectivity index is 1.22. The molecule has 196 valence electrons. The average Bonchev–Trinajstić information content (AvgIpc) is 3.37. The maximum atomic E-state index is 13.1. The molecule has 0 saturated carbocycles. The van der Waals surface area contributed by atoms with Gasteiger partial charge in [0.25, 0.3) is 5.91 Å². The van der Waals surface area contributed by atoms with E-state index in [1.54, 1.807) is 4.90 Å². The number of halogens is 3. The third-order valence-electron chi connectivity index (χ3n) is 7.83. The lowest BCUT2D eigenvalue weighted by molar-refractivity contribution is -0.167. The van der Waals surface area contributed by atoms with E-state index in [9.17, 15) is 22.8 Å². The fraction of sp³-hybridized carbons (Fsp3) is 0.481. The van der Waals surface area contributed by atoms with Gasteiger partial charge in [-0.05, 0) is 37.9 Å². The van der Waals surface area contributed by atoms with Crippen molar-refractivity contribution in [2.24, 2.45) is 5.92 Å². The summed E-state index contributed by atoms with van der Waals surface area (Å²) >= 11 is 0. The van der Waals surface area contributed by atoms with Gasteiger partial charge in [-0.3, -0.25) is 14.5 Å². The largest absolute Gasteiger partial charge is 0.397 e. The van der Waals surface area contributed by atoms with Crippen LogP contribution in [-0.2, 0) is 10.2 Å². The molecule has 0 N–H and O–H groups in total. The summed E-state index contributed by atoms with van der Waals surface area (Å²) in [4.78, 5) is 39.0. The summed E-state index contributed by atoms with van der Waals surface area (Å²) in [5, 5.41) is 0. The number of fused-ring (bicyclic) bond motifs is 1. The van der Waals surface area contributed by atoms with Gasteiger partial charge in [-0.15, -0.1) is 0 Å². The molecular weight excluding hydrogens is 483 g/mol. The number of alkyl halides is 3. The molecule has 0 radical (unpaired) electrons. The molecular formula is C27H30F3N5O2. The Labute approximate surface area is 214 Å². The first-order chi connectivity index (χ1) is 17.5. The van der Waals surface area contributed by atoms with Crippen LogP contribution in [0.2, 0.25) is 0 Å². The lowest BCUT2D eigenvalue weighted by atomic mass is 9.71. The molecule has 1 unspecified atom stereocenters. The number of hydrogen-bond donors (Lipinski definition) is 0. The van der Waals surface area contributed by atoms with E-state index in [-0.39, 0.29) is 17.2 Å². The number of aromatic nitrogens is 2. The number of likely N-dealkylation sites (tertiary alicyclic amines) is 2. The van der Waals surface area contributed by atoms with Gasteiger partial charge in [0.2, 0.25) is 5.91 Å². The summed E-state index contributed by atoms with van der Waals surface area (Å²) in [6.45, 7) is 7.17. The monoisotopic (exact) mass is 513 g/mol. The number of aryl methyl sites for hydroxylation is 2. The minimum Gasteiger partial charge on any atom is -0.340 e. The van der Waals surface area contributed by atoms with Crippen molar-refractivity contribution in [3.63, 3.8) is 0 Å². The summed E-state index contributed by atoms with van der Waals surface area (Å²) in [5.74, 6) is -0.683. The number of benzene rings is 1. The van der Waals surface area contributed by atoms with Crippen LogP contribution in [0.25, 0.3) is 0 Å². The molecule has 5 rings (SSSR count). The van der Waals surface area contributed by atoms with Crippen LogP contribution in [0.3, 0.4) is 0 Å². The lowest BCUT2D eigenvalue weighted by Gasteiger charge is -2.51. The number of hydrogen-bond acceptors (Lipinski definition) is 5. The molecule has 37 heavy (non-hydrogen) atoms. The Bertz CT molecular complexity index is 1200. The molecule has 2 saturated heterocycles. The van der Waals surface area contributed by atoms with Crippen molar-refractivity contribution in [2.75, 3.05) is 39.3 Å². The quantitative estimate of drug-likeness (QED) is 0.592. The second-order valence-corrected chi connectivity index (χ2v) is 10.5. The van der Waals surface area contributed by atoms with Gasteiger partial charge in [0.1, 0.15) is 12.7 Å². The molecule has 2 amide bonds. The lowest BCUT2D eigenvalue weighted by Crippen LogP contribution is -2.62. The number of amides is 2. The average molecular weight is 514 g/mol. The summed E-state index contributed by atoms with van der Waals surface area (Å²) in [7, 11) is 0. The third kappa shape index (κ3) is 5.12. The van der Waals surface area contributed by atoms with Crippen LogP contribution in [-0.4, -0.2) is 81.9 Å². The zero-order valence-corrected chi connectivity index (χ0v) is 21.0. The molecule has 0 aliphatic carbocycles. The molecule has 0 bridgehead atoms. The number of nitrogens with zero attached hydrogens (tertiary/aromatic N) is 5. The van der Waals surface area contributed by atoms with Crippen LogP contribution in [0.5, 0.6) is 0 Å². The maximum Gasteiger partial charge on any atom is 0.397 e. The Morgan fingerprint density at radius 1 is 1.05 bits per heavy atom. The van der Waals surface area contributed by atoms with E-state index in [0.717, 1.165) is 31.6 Å². The van der Waals surface area contributed by atoms with Gasteiger partial charge in [0.15, 0.2) is 0 Å². The van der Waals surface area contributed by atoms with Gasteiger partial charge in [-0.2, -0.15) is 13.2 Å². The van der Waals surface area contributed by atoms with E-state index < -0.39 is 18.5 Å². The molecule has 2 fully saturated rings. The summed E-state index contributed by atoms with van der Waals surface area (Å²) < 4.78 is 38.2. The highest BCUT2D eigenvalue weighted by atomic mass is 19.4. The SMILES string of the molecule is Cc1ncnc(C)c1C(=O)N1C=C2CN(CCC3(c4ccccc4)CN(C(=O)CC(F)(F)F)C3)CC2C1. The zero-order chi connectivity index (χ0) is 26.4. The third-order valence-corrected chi connectivity index (χ3v) is 7.83. The molecule has 2 aromatic rings. The Morgan fingerprint density at radius 2 is 1.73 bits per heavy atom. The van der Waals surface area contributed by atoms with Gasteiger partial charge < -0.3 is 9.80 Å². The Kier molecular flexibility index (Phi) is 6.55. The highest BCUT2D eigenvalue weighted by Gasteiger charge is 2.48. The van der Waals surface area contributed by atoms with E-state index in [1.165, 1.54) is 16.8 Å². The van der Waals surface area contributed by atoms with Crippen LogP contribution in [0.15, 0.2) is 48.4 Å². The van der Waals surface area contributed by atoms with E-state index in [2.05, 4.69) is 14.9 Å². The van der Waals surface area contributed by atoms with Crippen LogP contribution in [0.1, 0.15) is 40.2 Å². The van der Waals surface area contributed by atoms with E-state index >= 15 is 0 Å². The van der Waals surface area contributed by atoms with Crippen molar-refractivity contribution in [2.45, 2.75) is 38.3 Å². The minimum atomic E-state index is -4.50. The molecule has 3 aliphatic heterocycles. The molecule has 7 nitrogen and oxygen atoms in total. The maximum absolute atomic E-state index is 13.1. The second-order valence-electron chi connectivity index (χ2n) is 10.5. The predicted molar refractivity (Wildman–Crippen MR) is 131 cm³/mol. The van der Waals surface area contributed by atoms with Crippen molar-refractivity contribution >= 4 is 11.8 Å². The first kappa shape index (κ1) is 25.4. The zero-order valence-electron chi connectivity index (χ0n) is 21.0. The highest BCUT2D eigenvalue weighted by molar-refractivity contribution is 5.97. The second kappa shape index (κ2) is 9.55. The standard InChI is InChI=1S/C27H30F3N5O2/c1-18-24(19(2)32-17-31-18)25(37)34-13-20-11-33(12-21(20)14-34)9-8-26(22-6-4-3-5-7-22)15-35(16-26)23(36)10-27(28,29)30/h3-7,13,17,21H,8-12,14-16H2,1-2H3. The smallest absolute Gasteiger partial charge is 0.340 e. The van der Waals surface area contributed by atoms with Crippen molar-refractivity contribution in [3.05, 3.63) is 70.9 Å². The van der Waals surface area contributed by atoms with Gasteiger partial charge in [0, 0.05) is 50.3 Å². The van der Waals surface area contributed by atoms with Crippen LogP contribution in [0, 0.1) is 19.8 Å². The summed E-state index contributed by atoms with van der Waals surface area (Å²) in [6, 6.07) is 9.75. The first-order valence-corrected chi connectivity index (χ1v) is 12.5. The van der Waals surface area contributed by atoms with Gasteiger partial charge in [-0.25, -0.2) is 9.97 Å². The van der Waals surface area contributed by atoms with Crippen molar-refractivity contribution < 1.29 is 22.8 Å². The minimum absolute atomic E-state index is 0.0786.